The second-order valence-electron chi connectivity index (χ2n) is 9.22. The third-order valence-electron chi connectivity index (χ3n) is 6.15. The second-order valence-corrected chi connectivity index (χ2v) is 9.22. The van der Waals surface area contributed by atoms with Gasteiger partial charge in [0.25, 0.3) is 0 Å². The van der Waals surface area contributed by atoms with Gasteiger partial charge in [0.2, 0.25) is 0 Å². The minimum absolute atomic E-state index is 0.0612. The lowest BCUT2D eigenvalue weighted by atomic mass is 9.94. The Labute approximate surface area is 194 Å². The maximum Gasteiger partial charge on any atom is 0.308 e. The summed E-state index contributed by atoms with van der Waals surface area (Å²) in [5.41, 5.74) is 0. The van der Waals surface area contributed by atoms with Crippen LogP contribution in [-0.4, -0.2) is 37.4 Å². The zero-order valence-electron chi connectivity index (χ0n) is 21.1. The average molecular weight is 442 g/mol. The fourth-order valence-corrected chi connectivity index (χ4v) is 4.03. The van der Waals surface area contributed by atoms with Gasteiger partial charge in [0.1, 0.15) is 0 Å². The largest absolute Gasteiger partial charge is 0.465 e. The first-order valence-corrected chi connectivity index (χ1v) is 13.7. The molecule has 4 heteroatoms. The third-order valence-corrected chi connectivity index (χ3v) is 6.15. The Balaban J connectivity index is 3.80. The maximum absolute atomic E-state index is 12.6. The molecule has 0 saturated heterocycles. The molecule has 186 valence electrons. The van der Waals surface area contributed by atoms with Gasteiger partial charge in [0.15, 0.2) is 0 Å². The molecule has 0 fully saturated rings. The normalized spacial score (nSPS) is 12.2. The number of rotatable bonds is 25. The van der Waals surface area contributed by atoms with Crippen molar-refractivity contribution in [3.05, 3.63) is 0 Å². The van der Waals surface area contributed by atoms with Gasteiger partial charge in [0, 0.05) is 6.61 Å². The highest BCUT2D eigenvalue weighted by Crippen LogP contribution is 2.20. The van der Waals surface area contributed by atoms with E-state index in [0.717, 1.165) is 64.5 Å². The van der Waals surface area contributed by atoms with Crippen molar-refractivity contribution in [3.8, 4) is 0 Å². The number of aliphatic hydroxyl groups excluding tert-OH is 1. The molecule has 1 unspecified atom stereocenters. The number of carbonyl (C=O) groups is 1. The lowest BCUT2D eigenvalue weighted by Crippen LogP contribution is -2.19. The minimum Gasteiger partial charge on any atom is -0.465 e. The minimum atomic E-state index is 0.0612. The number of unbranched alkanes of at least 4 members (excludes halogenated alkanes) is 13. The fourth-order valence-electron chi connectivity index (χ4n) is 4.03. The summed E-state index contributed by atoms with van der Waals surface area (Å²) >= 11 is 0. The quantitative estimate of drug-likeness (QED) is 0.116. The van der Waals surface area contributed by atoms with Gasteiger partial charge in [-0.25, -0.2) is 0 Å². The second kappa shape index (κ2) is 25.6. The molecule has 31 heavy (non-hydrogen) atoms. The Morgan fingerprint density at radius 2 is 1.16 bits per heavy atom. The Kier molecular flexibility index (Phi) is 25.1. The molecule has 0 bridgehead atoms. The van der Waals surface area contributed by atoms with Gasteiger partial charge >= 0.3 is 5.97 Å². The summed E-state index contributed by atoms with van der Waals surface area (Å²) in [4.78, 5) is 12.6. The maximum atomic E-state index is 12.6. The van der Waals surface area contributed by atoms with Gasteiger partial charge in [0.05, 0.1) is 12.5 Å². The van der Waals surface area contributed by atoms with Crippen LogP contribution >= 0.6 is 0 Å². The van der Waals surface area contributed by atoms with Crippen LogP contribution in [-0.2, 0) is 9.53 Å². The SMILES string of the molecule is CCCCCCCCC(CCCCCC)C(=O)OCCCCCNCCCCCCO. The average Bonchev–Trinajstić information content (AvgIpc) is 2.78. The van der Waals surface area contributed by atoms with Crippen molar-refractivity contribution in [2.24, 2.45) is 5.92 Å². The first kappa shape index (κ1) is 30.4. The topological polar surface area (TPSA) is 58.6 Å². The molecule has 0 aromatic rings. The van der Waals surface area contributed by atoms with E-state index < -0.39 is 0 Å². The molecule has 0 rings (SSSR count). The van der Waals surface area contributed by atoms with Gasteiger partial charge in [-0.1, -0.05) is 90.9 Å². The van der Waals surface area contributed by atoms with Crippen molar-refractivity contribution in [3.63, 3.8) is 0 Å². The number of esters is 1. The van der Waals surface area contributed by atoms with E-state index in [9.17, 15) is 4.79 Å². The summed E-state index contributed by atoms with van der Waals surface area (Å²) in [5.74, 6) is 0.182. The van der Waals surface area contributed by atoms with Crippen LogP contribution in [0.15, 0.2) is 0 Å². The van der Waals surface area contributed by atoms with Gasteiger partial charge in [-0.05, 0) is 58.0 Å². The molecule has 0 amide bonds. The molecule has 0 radical (unpaired) electrons. The van der Waals surface area contributed by atoms with Crippen molar-refractivity contribution in [2.75, 3.05) is 26.3 Å². The van der Waals surface area contributed by atoms with Gasteiger partial charge in [-0.15, -0.1) is 0 Å². The smallest absolute Gasteiger partial charge is 0.308 e. The van der Waals surface area contributed by atoms with Crippen LogP contribution in [0.5, 0.6) is 0 Å². The predicted octanol–water partition coefficient (Wildman–Crippen LogP) is 7.18. The van der Waals surface area contributed by atoms with E-state index in [2.05, 4.69) is 19.2 Å². The van der Waals surface area contributed by atoms with Crippen LogP contribution in [0.2, 0.25) is 0 Å². The molecule has 4 nitrogen and oxygen atoms in total. The summed E-state index contributed by atoms with van der Waals surface area (Å²) in [6.45, 7) is 7.50. The molecule has 0 spiro atoms. The van der Waals surface area contributed by atoms with Crippen LogP contribution in [0.4, 0.5) is 0 Å². The first-order chi connectivity index (χ1) is 15.3. The number of nitrogens with one attached hydrogen (secondary N) is 1. The van der Waals surface area contributed by atoms with E-state index in [-0.39, 0.29) is 11.9 Å². The molecule has 0 aromatic carbocycles. The van der Waals surface area contributed by atoms with Crippen LogP contribution in [0.25, 0.3) is 0 Å². The third kappa shape index (κ3) is 22.4. The predicted molar refractivity (Wildman–Crippen MR) is 133 cm³/mol. The molecule has 2 N–H and O–H groups in total. The summed E-state index contributed by atoms with van der Waals surface area (Å²) in [6.07, 6.45) is 22.3. The van der Waals surface area contributed by atoms with Crippen molar-refractivity contribution < 1.29 is 14.6 Å². The van der Waals surface area contributed by atoms with Crippen molar-refractivity contribution in [1.82, 2.24) is 5.32 Å². The van der Waals surface area contributed by atoms with Crippen molar-refractivity contribution in [1.29, 1.82) is 0 Å². The van der Waals surface area contributed by atoms with Crippen molar-refractivity contribution >= 4 is 5.97 Å². The summed E-state index contributed by atoms with van der Waals surface area (Å²) < 4.78 is 5.66. The van der Waals surface area contributed by atoms with Gasteiger partial charge < -0.3 is 15.2 Å². The Hall–Kier alpha value is -0.610. The molecule has 0 heterocycles. The fraction of sp³-hybridized carbons (Fsp3) is 0.963. The monoisotopic (exact) mass is 441 g/mol. The standard InChI is InChI=1S/C27H55NO3/c1-3-5-7-9-10-15-21-26(20-14-8-6-4-2)27(30)31-25-19-13-17-23-28-22-16-11-12-18-24-29/h26,28-29H,3-25H2,1-2H3. The van der Waals surface area contributed by atoms with Crippen molar-refractivity contribution in [2.45, 2.75) is 136 Å². The lowest BCUT2D eigenvalue weighted by Gasteiger charge is -2.16. The highest BCUT2D eigenvalue weighted by Gasteiger charge is 2.19. The molecular formula is C27H55NO3. The summed E-state index contributed by atoms with van der Waals surface area (Å²) in [6, 6.07) is 0. The Morgan fingerprint density at radius 3 is 1.77 bits per heavy atom. The van der Waals surface area contributed by atoms with E-state index in [1.807, 2.05) is 0 Å². The number of hydrogen-bond acceptors (Lipinski definition) is 4. The highest BCUT2D eigenvalue weighted by atomic mass is 16.5. The molecule has 0 aliphatic heterocycles. The molecule has 0 saturated carbocycles. The zero-order chi connectivity index (χ0) is 22.8. The van der Waals surface area contributed by atoms with Gasteiger partial charge in [-0.3, -0.25) is 4.79 Å². The molecule has 0 aliphatic rings. The zero-order valence-corrected chi connectivity index (χ0v) is 21.1. The number of ether oxygens (including phenoxy) is 1. The molecular weight excluding hydrogens is 386 g/mol. The Morgan fingerprint density at radius 1 is 0.677 bits per heavy atom. The molecule has 0 aliphatic carbocycles. The van der Waals surface area contributed by atoms with Crippen LogP contribution in [0.1, 0.15) is 136 Å². The first-order valence-electron chi connectivity index (χ1n) is 13.7. The highest BCUT2D eigenvalue weighted by molar-refractivity contribution is 5.72. The van der Waals surface area contributed by atoms with Crippen LogP contribution in [0, 0.1) is 5.92 Å². The number of hydrogen-bond donors (Lipinski definition) is 2. The lowest BCUT2D eigenvalue weighted by molar-refractivity contribution is -0.149. The number of aliphatic hydroxyl groups is 1. The van der Waals surface area contributed by atoms with E-state index in [0.29, 0.717) is 13.2 Å². The van der Waals surface area contributed by atoms with E-state index >= 15 is 0 Å². The van der Waals surface area contributed by atoms with Gasteiger partial charge in [-0.2, -0.15) is 0 Å². The summed E-state index contributed by atoms with van der Waals surface area (Å²) in [7, 11) is 0. The van der Waals surface area contributed by atoms with E-state index in [1.165, 1.54) is 70.6 Å². The molecule has 0 aromatic heterocycles. The van der Waals surface area contributed by atoms with E-state index in [1.54, 1.807) is 0 Å². The summed E-state index contributed by atoms with van der Waals surface area (Å²) in [5, 5.41) is 12.2. The number of carbonyl (C=O) groups excluding carboxylic acids is 1. The van der Waals surface area contributed by atoms with E-state index in [4.69, 9.17) is 9.84 Å². The Bertz CT molecular complexity index is 362. The van der Waals surface area contributed by atoms with Crippen LogP contribution in [0.3, 0.4) is 0 Å². The van der Waals surface area contributed by atoms with Crippen LogP contribution < -0.4 is 5.32 Å². The molecule has 1 atom stereocenters.